The molecule has 8 nitrogen and oxygen atoms in total. The van der Waals surface area contributed by atoms with E-state index in [1.54, 1.807) is 12.1 Å². The van der Waals surface area contributed by atoms with Gasteiger partial charge in [0.2, 0.25) is 0 Å². The van der Waals surface area contributed by atoms with Crippen molar-refractivity contribution in [2.45, 2.75) is 71.3 Å². The first-order valence-electron chi connectivity index (χ1n) is 12.5. The molecule has 0 fully saturated rings. The van der Waals surface area contributed by atoms with Crippen molar-refractivity contribution in [3.63, 3.8) is 0 Å². The third kappa shape index (κ3) is 7.93. The number of nitrogens with one attached hydrogen (secondary N) is 2. The largest absolute Gasteiger partial charge is 0.481 e. The van der Waals surface area contributed by atoms with Crippen LogP contribution in [0.2, 0.25) is 0 Å². The molecule has 36 heavy (non-hydrogen) atoms. The molecule has 0 unspecified atom stereocenters. The van der Waals surface area contributed by atoms with Crippen LogP contribution in [0.25, 0.3) is 11.5 Å². The van der Waals surface area contributed by atoms with E-state index in [4.69, 9.17) is 9.63 Å². The molecule has 3 N–H and O–H groups in total. The summed E-state index contributed by atoms with van der Waals surface area (Å²) in [7, 11) is 0. The van der Waals surface area contributed by atoms with Crippen molar-refractivity contribution < 1.29 is 19.2 Å². The molecule has 0 bridgehead atoms. The van der Waals surface area contributed by atoms with E-state index in [-0.39, 0.29) is 30.3 Å². The van der Waals surface area contributed by atoms with Gasteiger partial charge in [-0.1, -0.05) is 57.8 Å². The summed E-state index contributed by atoms with van der Waals surface area (Å²) in [4.78, 5) is 27.4. The second-order valence-electron chi connectivity index (χ2n) is 10.0. The molecule has 2 aromatic carbocycles. The minimum Gasteiger partial charge on any atom is -0.481 e. The van der Waals surface area contributed by atoms with Crippen LogP contribution in [0.5, 0.6) is 0 Å². The van der Waals surface area contributed by atoms with E-state index in [1.165, 1.54) is 5.56 Å². The lowest BCUT2D eigenvalue weighted by Crippen LogP contribution is -2.26. The normalized spacial score (nSPS) is 12.2. The first-order valence-corrected chi connectivity index (χ1v) is 12.5. The first-order chi connectivity index (χ1) is 17.2. The maximum Gasteiger partial charge on any atom is 0.305 e. The maximum atomic E-state index is 12.2. The Labute approximate surface area is 212 Å². The summed E-state index contributed by atoms with van der Waals surface area (Å²) in [5.41, 5.74) is 3.60. The zero-order valence-electron chi connectivity index (χ0n) is 21.5. The Morgan fingerprint density at radius 1 is 1.06 bits per heavy atom. The van der Waals surface area contributed by atoms with Crippen LogP contribution < -0.4 is 10.6 Å². The zero-order valence-corrected chi connectivity index (χ0v) is 21.5. The Morgan fingerprint density at radius 3 is 2.36 bits per heavy atom. The van der Waals surface area contributed by atoms with Crippen molar-refractivity contribution in [1.29, 1.82) is 0 Å². The van der Waals surface area contributed by atoms with Gasteiger partial charge >= 0.3 is 5.97 Å². The molecular weight excluding hydrogens is 456 g/mol. The Kier molecular flexibility index (Phi) is 9.22. The highest BCUT2D eigenvalue weighted by molar-refractivity contribution is 5.94. The number of hydrogen-bond donors (Lipinski definition) is 3. The number of carbonyl (C=O) groups is 2. The highest BCUT2D eigenvalue weighted by atomic mass is 16.5. The number of anilines is 1. The Balaban J connectivity index is 1.63. The van der Waals surface area contributed by atoms with Gasteiger partial charge in [-0.15, -0.1) is 0 Å². The van der Waals surface area contributed by atoms with Crippen LogP contribution in [-0.2, 0) is 16.6 Å². The average molecular weight is 493 g/mol. The number of unbranched alkanes of at least 4 members (excludes halogenated alkanes) is 1. The predicted octanol–water partition coefficient (Wildman–Crippen LogP) is 5.45. The molecule has 1 aromatic heterocycles. The van der Waals surface area contributed by atoms with Crippen molar-refractivity contribution in [3.8, 4) is 11.5 Å². The number of hydrogen-bond acceptors (Lipinski definition) is 6. The average Bonchev–Trinajstić information content (AvgIpc) is 3.30. The summed E-state index contributed by atoms with van der Waals surface area (Å²) in [5, 5.41) is 19.1. The molecule has 0 saturated carbocycles. The van der Waals surface area contributed by atoms with Gasteiger partial charge in [0.1, 0.15) is 0 Å². The summed E-state index contributed by atoms with van der Waals surface area (Å²) < 4.78 is 5.55. The van der Waals surface area contributed by atoms with Crippen LogP contribution in [-0.4, -0.2) is 39.7 Å². The standard InChI is InChI=1S/C28H36N4O4/c1-5-6-7-23(30-22-14-10-19(11-15-22)26(35)29-17-16-25(33)34)18-24-31-27(36-32-24)20-8-12-21(13-9-20)28(2,3)4/h8-15,23,30H,5-7,16-18H2,1-4H3,(H,29,35)(H,33,34)/t23-/m0/s1. The lowest BCUT2D eigenvalue weighted by Gasteiger charge is -2.19. The van der Waals surface area contributed by atoms with Gasteiger partial charge in [0.25, 0.3) is 11.8 Å². The maximum absolute atomic E-state index is 12.2. The van der Waals surface area contributed by atoms with Gasteiger partial charge in [-0.05, 0) is 53.8 Å². The SMILES string of the molecule is CCCC[C@@H](Cc1noc(-c2ccc(C(C)(C)C)cc2)n1)Nc1ccc(C(=O)NCCC(=O)O)cc1. The molecule has 3 rings (SSSR count). The highest BCUT2D eigenvalue weighted by Crippen LogP contribution is 2.26. The molecule has 0 saturated heterocycles. The van der Waals surface area contributed by atoms with Gasteiger partial charge in [-0.3, -0.25) is 9.59 Å². The number of benzene rings is 2. The number of nitrogens with zero attached hydrogens (tertiary/aromatic N) is 2. The van der Waals surface area contributed by atoms with E-state index in [1.807, 2.05) is 24.3 Å². The van der Waals surface area contributed by atoms with Crippen LogP contribution in [0.1, 0.15) is 75.1 Å². The van der Waals surface area contributed by atoms with E-state index in [9.17, 15) is 9.59 Å². The molecule has 0 spiro atoms. The third-order valence-electron chi connectivity index (χ3n) is 5.94. The summed E-state index contributed by atoms with van der Waals surface area (Å²) in [6.45, 7) is 8.80. The molecule has 0 radical (unpaired) electrons. The summed E-state index contributed by atoms with van der Waals surface area (Å²) in [6, 6.07) is 15.5. The number of amides is 1. The van der Waals surface area contributed by atoms with Gasteiger partial charge in [-0.25, -0.2) is 0 Å². The smallest absolute Gasteiger partial charge is 0.305 e. The van der Waals surface area contributed by atoms with Crippen LogP contribution in [0.3, 0.4) is 0 Å². The second-order valence-corrected chi connectivity index (χ2v) is 10.0. The van der Waals surface area contributed by atoms with E-state index in [2.05, 4.69) is 60.6 Å². The number of rotatable bonds is 12. The summed E-state index contributed by atoms with van der Waals surface area (Å²) in [6.07, 6.45) is 3.58. The highest BCUT2D eigenvalue weighted by Gasteiger charge is 2.17. The van der Waals surface area contributed by atoms with Crippen LogP contribution in [0.15, 0.2) is 53.1 Å². The molecule has 3 aromatic rings. The molecule has 0 aliphatic carbocycles. The molecule has 1 atom stereocenters. The van der Waals surface area contributed by atoms with E-state index >= 15 is 0 Å². The molecule has 1 heterocycles. The van der Waals surface area contributed by atoms with Gasteiger partial charge in [-0.2, -0.15) is 4.98 Å². The number of aromatic nitrogens is 2. The topological polar surface area (TPSA) is 117 Å². The lowest BCUT2D eigenvalue weighted by atomic mass is 9.87. The lowest BCUT2D eigenvalue weighted by molar-refractivity contribution is -0.136. The molecule has 1 amide bonds. The fraction of sp³-hybridized carbons (Fsp3) is 0.429. The van der Waals surface area contributed by atoms with E-state index < -0.39 is 5.97 Å². The molecular formula is C28H36N4O4. The Bertz CT molecular complexity index is 1130. The third-order valence-corrected chi connectivity index (χ3v) is 5.94. The molecule has 0 aliphatic heterocycles. The van der Waals surface area contributed by atoms with Crippen LogP contribution in [0, 0.1) is 0 Å². The van der Waals surface area contributed by atoms with Gasteiger partial charge in [0.05, 0.1) is 6.42 Å². The van der Waals surface area contributed by atoms with Crippen molar-refractivity contribution in [3.05, 3.63) is 65.5 Å². The van der Waals surface area contributed by atoms with E-state index in [0.717, 1.165) is 30.5 Å². The quantitative estimate of drug-likeness (QED) is 0.308. The predicted molar refractivity (Wildman–Crippen MR) is 140 cm³/mol. The fourth-order valence-corrected chi connectivity index (χ4v) is 3.80. The van der Waals surface area contributed by atoms with Crippen molar-refractivity contribution in [2.24, 2.45) is 0 Å². The minimum atomic E-state index is -0.944. The van der Waals surface area contributed by atoms with Crippen LogP contribution >= 0.6 is 0 Å². The first kappa shape index (κ1) is 26.9. The number of carboxylic acids is 1. The Morgan fingerprint density at radius 2 is 1.75 bits per heavy atom. The fourth-order valence-electron chi connectivity index (χ4n) is 3.80. The second kappa shape index (κ2) is 12.3. The van der Waals surface area contributed by atoms with Gasteiger partial charge in [0.15, 0.2) is 5.82 Å². The van der Waals surface area contributed by atoms with Crippen molar-refractivity contribution in [2.75, 3.05) is 11.9 Å². The number of carboxylic acid groups (broad SMARTS) is 1. The molecule has 8 heteroatoms. The summed E-state index contributed by atoms with van der Waals surface area (Å²) >= 11 is 0. The summed E-state index contributed by atoms with van der Waals surface area (Å²) in [5.74, 6) is -0.0776. The van der Waals surface area contributed by atoms with E-state index in [0.29, 0.717) is 23.7 Å². The monoisotopic (exact) mass is 492 g/mol. The molecule has 0 aliphatic rings. The molecule has 192 valence electrons. The van der Waals surface area contributed by atoms with Crippen molar-refractivity contribution in [1.82, 2.24) is 15.5 Å². The van der Waals surface area contributed by atoms with Gasteiger partial charge in [0, 0.05) is 35.8 Å². The van der Waals surface area contributed by atoms with Crippen molar-refractivity contribution >= 4 is 17.6 Å². The van der Waals surface area contributed by atoms with Crippen LogP contribution in [0.4, 0.5) is 5.69 Å². The number of aliphatic carboxylic acids is 1. The minimum absolute atomic E-state index is 0.0824. The number of carbonyl (C=O) groups excluding carboxylic acids is 1. The Hall–Kier alpha value is -3.68. The zero-order chi connectivity index (χ0) is 26.1. The van der Waals surface area contributed by atoms with Gasteiger partial charge < -0.3 is 20.3 Å².